The molecule has 3 amide bonds. The molecule has 0 bridgehead atoms. The number of carbonyl (C=O) groups is 7. The highest BCUT2D eigenvalue weighted by atomic mass is 32.2. The standard InChI is InChI=1S/C57H51N9O17S4/c58-51-43(86(78,79)80)24-41(47-49(51)55(71)39-13-3-1-11-37(39)53(47)69)65-33-7-5-9-35(22-33)84(74,75)17-15-61-28-45(67)63-26-30-19-31(21-32(20-30)57(60)73)27-64-46(68)29-62-16-18-85(76,77)36-10-6-8-34(23-36)66-42-25-44(87(81,82)83)52(59)50-48(42)54(70)38-12-2-4-14-40(38)56(50)72/h1-14,19-25,61-62,65-66H,15-18,26-29,58-59H2,(H2,60,73)(H,63,67)(H,64,68)(H,78,79,80)(H,81,82,83). The van der Waals surface area contributed by atoms with Crippen LogP contribution in [0.15, 0.2) is 147 Å². The Kier molecular flexibility index (Phi) is 17.4. The van der Waals surface area contributed by atoms with Crippen molar-refractivity contribution in [3.63, 3.8) is 0 Å². The molecule has 450 valence electrons. The maximum absolute atomic E-state index is 13.7. The molecule has 0 saturated heterocycles. The second-order valence-corrected chi connectivity index (χ2v) is 26.8. The van der Waals surface area contributed by atoms with Gasteiger partial charge in [-0.15, -0.1) is 0 Å². The van der Waals surface area contributed by atoms with E-state index in [2.05, 4.69) is 31.9 Å². The summed E-state index contributed by atoms with van der Waals surface area (Å²) >= 11 is 0. The normalized spacial score (nSPS) is 13.0. The molecule has 0 saturated carbocycles. The van der Waals surface area contributed by atoms with E-state index in [0.717, 1.165) is 12.1 Å². The average Bonchev–Trinajstić information content (AvgIpc) is 1.22. The second-order valence-electron chi connectivity index (χ2n) is 19.8. The fraction of sp³-hybridized carbons (Fsp3) is 0.140. The number of primary amides is 1. The van der Waals surface area contributed by atoms with Crippen LogP contribution in [0.5, 0.6) is 0 Å². The topological polar surface area (TPSA) is 447 Å². The van der Waals surface area contributed by atoms with Crippen molar-refractivity contribution in [1.29, 1.82) is 0 Å². The van der Waals surface area contributed by atoms with E-state index in [-0.39, 0.29) is 111 Å². The fourth-order valence-electron chi connectivity index (χ4n) is 9.74. The molecule has 7 aromatic rings. The molecule has 26 nitrogen and oxygen atoms in total. The van der Waals surface area contributed by atoms with E-state index in [4.69, 9.17) is 17.2 Å². The van der Waals surface area contributed by atoms with Crippen LogP contribution in [0.3, 0.4) is 0 Å². The van der Waals surface area contributed by atoms with E-state index in [9.17, 15) is 76.3 Å². The van der Waals surface area contributed by atoms with Gasteiger partial charge < -0.3 is 49.1 Å². The number of carbonyl (C=O) groups excluding carboxylic acids is 7. The summed E-state index contributed by atoms with van der Waals surface area (Å²) in [5.41, 5.74) is 15.3. The first-order chi connectivity index (χ1) is 41.0. The molecule has 14 N–H and O–H groups in total. The van der Waals surface area contributed by atoms with Gasteiger partial charge in [0.1, 0.15) is 9.79 Å². The molecule has 0 spiro atoms. The molecule has 2 aliphatic rings. The van der Waals surface area contributed by atoms with Crippen molar-refractivity contribution < 1.29 is 76.3 Å². The summed E-state index contributed by atoms with van der Waals surface area (Å²) in [7, 11) is -18.2. The fourth-order valence-corrected chi connectivity index (χ4v) is 13.5. The highest BCUT2D eigenvalue weighted by Gasteiger charge is 2.38. The van der Waals surface area contributed by atoms with Crippen molar-refractivity contribution in [2.24, 2.45) is 5.73 Å². The van der Waals surface area contributed by atoms with Gasteiger partial charge in [0.15, 0.2) is 42.8 Å². The van der Waals surface area contributed by atoms with Crippen LogP contribution in [0.25, 0.3) is 0 Å². The van der Waals surface area contributed by atoms with E-state index in [1.54, 1.807) is 6.07 Å². The van der Waals surface area contributed by atoms with Gasteiger partial charge in [0.05, 0.1) is 79.4 Å². The zero-order chi connectivity index (χ0) is 62.9. The van der Waals surface area contributed by atoms with Crippen molar-refractivity contribution in [3.8, 4) is 0 Å². The third kappa shape index (κ3) is 13.3. The summed E-state index contributed by atoms with van der Waals surface area (Å²) in [6, 6.07) is 28.3. The Hall–Kier alpha value is -9.53. The first kappa shape index (κ1) is 62.0. The van der Waals surface area contributed by atoms with Crippen molar-refractivity contribution in [2.45, 2.75) is 32.7 Å². The molecule has 0 unspecified atom stereocenters. The summed E-state index contributed by atoms with van der Waals surface area (Å²) in [6.45, 7) is -1.37. The van der Waals surface area contributed by atoms with E-state index in [0.29, 0.717) is 11.1 Å². The molecule has 0 radical (unpaired) electrons. The van der Waals surface area contributed by atoms with Gasteiger partial charge in [-0.25, -0.2) is 16.8 Å². The van der Waals surface area contributed by atoms with Gasteiger partial charge >= 0.3 is 0 Å². The molecule has 7 aromatic carbocycles. The molecule has 30 heteroatoms. The highest BCUT2D eigenvalue weighted by molar-refractivity contribution is 7.91. The lowest BCUT2D eigenvalue weighted by molar-refractivity contribution is -0.121. The van der Waals surface area contributed by atoms with Crippen LogP contribution in [0.4, 0.5) is 34.1 Å². The quantitative estimate of drug-likeness (QED) is 0.0249. The van der Waals surface area contributed by atoms with Crippen LogP contribution in [0, 0.1) is 0 Å². The Morgan fingerprint density at radius 2 is 0.805 bits per heavy atom. The van der Waals surface area contributed by atoms with Crippen LogP contribution in [-0.2, 0) is 62.6 Å². The van der Waals surface area contributed by atoms with Crippen LogP contribution >= 0.6 is 0 Å². The first-order valence-electron chi connectivity index (χ1n) is 25.9. The second kappa shape index (κ2) is 24.4. The van der Waals surface area contributed by atoms with Crippen LogP contribution in [-0.4, -0.2) is 121 Å². The molecule has 2 aliphatic carbocycles. The Bertz CT molecular complexity index is 4320. The van der Waals surface area contributed by atoms with Crippen LogP contribution in [0.1, 0.15) is 85.2 Å². The van der Waals surface area contributed by atoms with E-state index in [1.807, 2.05) is 0 Å². The van der Waals surface area contributed by atoms with E-state index >= 15 is 0 Å². The average molecular weight is 1260 g/mol. The maximum Gasteiger partial charge on any atom is 0.296 e. The summed E-state index contributed by atoms with van der Waals surface area (Å²) in [5, 5.41) is 16.4. The zero-order valence-corrected chi connectivity index (χ0v) is 48.4. The number of amides is 3. The number of hydrogen-bond donors (Lipinski definition) is 11. The predicted molar refractivity (Wildman–Crippen MR) is 316 cm³/mol. The summed E-state index contributed by atoms with van der Waals surface area (Å²) in [6.07, 6.45) is 0. The van der Waals surface area contributed by atoms with E-state index < -0.39 is 125 Å². The van der Waals surface area contributed by atoms with Gasteiger partial charge in [0.25, 0.3) is 20.2 Å². The van der Waals surface area contributed by atoms with Gasteiger partial charge in [-0.05, 0) is 71.8 Å². The van der Waals surface area contributed by atoms with Gasteiger partial charge in [-0.1, -0.05) is 66.7 Å². The maximum atomic E-state index is 13.7. The zero-order valence-electron chi connectivity index (χ0n) is 45.2. The Morgan fingerprint density at radius 3 is 1.15 bits per heavy atom. The number of ketones is 4. The number of nitrogens with one attached hydrogen (secondary N) is 6. The van der Waals surface area contributed by atoms with Crippen molar-refractivity contribution in [2.75, 3.05) is 59.8 Å². The largest absolute Gasteiger partial charge is 0.397 e. The van der Waals surface area contributed by atoms with Crippen LogP contribution in [0.2, 0.25) is 0 Å². The molecule has 0 fully saturated rings. The predicted octanol–water partition coefficient (Wildman–Crippen LogP) is 2.84. The number of rotatable bonds is 23. The molecule has 0 atom stereocenters. The summed E-state index contributed by atoms with van der Waals surface area (Å²) in [4.78, 5) is 90.5. The number of fused-ring (bicyclic) bond motifs is 4. The number of sulfone groups is 2. The number of hydrogen-bond acceptors (Lipinski definition) is 21. The minimum absolute atomic E-state index is 0.0132. The third-order valence-corrected chi connectivity index (χ3v) is 19.1. The molecule has 0 heterocycles. The van der Waals surface area contributed by atoms with E-state index in [1.165, 1.54) is 109 Å². The lowest BCUT2D eigenvalue weighted by Gasteiger charge is -2.23. The van der Waals surface area contributed by atoms with Crippen molar-refractivity contribution in [1.82, 2.24) is 21.3 Å². The van der Waals surface area contributed by atoms with Crippen LogP contribution < -0.4 is 49.1 Å². The number of benzene rings is 7. The summed E-state index contributed by atoms with van der Waals surface area (Å²) in [5.74, 6) is -5.88. The Balaban J connectivity index is 0.750. The SMILES string of the molecule is NC(=O)c1cc(CNC(=O)CNCCS(=O)(=O)c2cccc(Nc3cc(S(=O)(=O)O)c(N)c4c3C(=O)c3ccccc3C4=O)c2)cc(CNC(=O)CNCCS(=O)(=O)c2cccc(Nc3cc(S(=O)(=O)O)c(N)c4c3C(=O)c3ccccc3C4=O)c2)c1. The van der Waals surface area contributed by atoms with Gasteiger partial charge in [0.2, 0.25) is 17.7 Å². The molecule has 87 heavy (non-hydrogen) atoms. The minimum Gasteiger partial charge on any atom is -0.397 e. The lowest BCUT2D eigenvalue weighted by Crippen LogP contribution is -2.36. The third-order valence-electron chi connectivity index (χ3n) is 13.9. The molecular formula is C57H51N9O17S4. The Labute approximate surface area is 496 Å². The molecule has 0 aliphatic heterocycles. The molecular weight excluding hydrogens is 1210 g/mol. The summed E-state index contributed by atoms with van der Waals surface area (Å²) < 4.78 is 123. The highest BCUT2D eigenvalue weighted by Crippen LogP contribution is 2.42. The smallest absolute Gasteiger partial charge is 0.296 e. The van der Waals surface area contributed by atoms with Gasteiger partial charge in [0, 0.05) is 65.4 Å². The first-order valence-corrected chi connectivity index (χ1v) is 32.0. The van der Waals surface area contributed by atoms with Crippen molar-refractivity contribution >= 4 is 115 Å². The van der Waals surface area contributed by atoms with Gasteiger partial charge in [-0.3, -0.25) is 42.7 Å². The minimum atomic E-state index is -5.03. The molecule has 9 rings (SSSR count). The van der Waals surface area contributed by atoms with Crippen molar-refractivity contribution in [3.05, 3.63) is 189 Å². The molecule has 0 aromatic heterocycles. The monoisotopic (exact) mass is 1260 g/mol. The number of anilines is 6. The lowest BCUT2D eigenvalue weighted by atomic mass is 9.82. The number of nitrogens with two attached hydrogens (primary N) is 3. The van der Waals surface area contributed by atoms with Gasteiger partial charge in [-0.2, -0.15) is 16.8 Å². The number of nitrogen functional groups attached to an aromatic ring is 2. The Morgan fingerprint density at radius 1 is 0.448 bits per heavy atom.